The van der Waals surface area contributed by atoms with Crippen LogP contribution in [0.5, 0.6) is 5.75 Å². The molecule has 0 aromatic heterocycles. The number of carbonyl (C=O) groups excluding carboxylic acids is 1. The normalized spacial score (nSPS) is 22.5. The summed E-state index contributed by atoms with van der Waals surface area (Å²) in [6.45, 7) is -2.83. The fourth-order valence-corrected chi connectivity index (χ4v) is 4.21. The van der Waals surface area contributed by atoms with Crippen molar-refractivity contribution >= 4 is 13.5 Å². The van der Waals surface area contributed by atoms with E-state index in [9.17, 15) is 53.3 Å². The van der Waals surface area contributed by atoms with Crippen LogP contribution in [0.4, 0.5) is 43.9 Å². The Morgan fingerprint density at radius 2 is 1.55 bits per heavy atom. The number of halogens is 10. The average Bonchev–Trinajstić information content (AvgIpc) is 2.65. The number of benzene rings is 1. The molecule has 2 rings (SSSR count). The first-order valence-electron chi connectivity index (χ1n) is 7.14. The molecular formula is C13H8F10NO4P. The van der Waals surface area contributed by atoms with Crippen molar-refractivity contribution < 1.29 is 62.3 Å². The van der Waals surface area contributed by atoms with Gasteiger partial charge in [-0.25, -0.2) is 13.3 Å². The van der Waals surface area contributed by atoms with Gasteiger partial charge in [0.05, 0.1) is 5.56 Å². The highest BCUT2D eigenvalue weighted by atomic mass is 31.2. The molecule has 0 saturated carbocycles. The average molecular weight is 463 g/mol. The van der Waals surface area contributed by atoms with E-state index in [0.717, 1.165) is 12.1 Å². The standard InChI is InChI=1S/C13H8F10NO4P/c14-9(15)10(16,17)5-27-29(26)11(12(18,19)20,13(21,22)23)24-8(25)6-3-1-2-4-7(6)28-29/h1-4,9H,5H2,(H,24,25). The lowest BCUT2D eigenvalue weighted by Crippen LogP contribution is -2.67. The minimum atomic E-state index is -6.94. The third-order valence-electron chi connectivity index (χ3n) is 3.62. The highest BCUT2D eigenvalue weighted by Gasteiger charge is 2.84. The Hall–Kier alpha value is -2.02. The van der Waals surface area contributed by atoms with E-state index in [1.807, 2.05) is 0 Å². The van der Waals surface area contributed by atoms with Gasteiger partial charge in [0.2, 0.25) is 0 Å². The van der Waals surface area contributed by atoms with E-state index in [4.69, 9.17) is 0 Å². The maximum absolute atomic E-state index is 13.5. The first-order valence-corrected chi connectivity index (χ1v) is 8.68. The molecule has 1 heterocycles. The molecule has 1 aromatic rings. The molecule has 0 bridgehead atoms. The summed E-state index contributed by atoms with van der Waals surface area (Å²) < 4.78 is 152. The largest absolute Gasteiger partial charge is 0.433 e. The van der Waals surface area contributed by atoms with Crippen LogP contribution in [0.3, 0.4) is 0 Å². The van der Waals surface area contributed by atoms with Crippen molar-refractivity contribution in [3.63, 3.8) is 0 Å². The molecule has 1 aliphatic rings. The number of fused-ring (bicyclic) bond motifs is 1. The Balaban J connectivity index is 2.74. The predicted molar refractivity (Wildman–Crippen MR) is 73.9 cm³/mol. The van der Waals surface area contributed by atoms with Gasteiger partial charge in [-0.2, -0.15) is 35.1 Å². The molecule has 29 heavy (non-hydrogen) atoms. The quantitative estimate of drug-likeness (QED) is 0.518. The van der Waals surface area contributed by atoms with Gasteiger partial charge in [0.25, 0.3) is 5.91 Å². The van der Waals surface area contributed by atoms with Crippen molar-refractivity contribution in [2.24, 2.45) is 0 Å². The van der Waals surface area contributed by atoms with Crippen LogP contribution in [0, 0.1) is 0 Å². The number of para-hydroxylation sites is 1. The van der Waals surface area contributed by atoms with E-state index in [1.54, 1.807) is 0 Å². The fraction of sp³-hybridized carbons (Fsp3) is 0.462. The molecule has 1 amide bonds. The zero-order valence-corrected chi connectivity index (χ0v) is 14.3. The number of rotatable bonds is 4. The lowest BCUT2D eigenvalue weighted by molar-refractivity contribution is -0.278. The van der Waals surface area contributed by atoms with Gasteiger partial charge in [-0.1, -0.05) is 12.1 Å². The lowest BCUT2D eigenvalue weighted by atomic mass is 10.1. The van der Waals surface area contributed by atoms with Crippen molar-refractivity contribution in [1.82, 2.24) is 5.32 Å². The molecule has 0 fully saturated rings. The molecule has 5 nitrogen and oxygen atoms in total. The second-order valence-corrected chi connectivity index (χ2v) is 7.69. The van der Waals surface area contributed by atoms with Gasteiger partial charge in [0, 0.05) is 0 Å². The van der Waals surface area contributed by atoms with E-state index >= 15 is 0 Å². The van der Waals surface area contributed by atoms with Gasteiger partial charge < -0.3 is 9.84 Å². The van der Waals surface area contributed by atoms with E-state index in [2.05, 4.69) is 9.05 Å². The molecule has 1 aromatic carbocycles. The van der Waals surface area contributed by atoms with Crippen LogP contribution in [0.2, 0.25) is 0 Å². The zero-order valence-electron chi connectivity index (χ0n) is 13.5. The highest BCUT2D eigenvalue weighted by Crippen LogP contribution is 2.70. The number of alkyl halides is 10. The monoisotopic (exact) mass is 463 g/mol. The Morgan fingerprint density at radius 3 is 2.03 bits per heavy atom. The van der Waals surface area contributed by atoms with E-state index in [0.29, 0.717) is 17.4 Å². The number of nitrogens with one attached hydrogen (secondary N) is 1. The van der Waals surface area contributed by atoms with Crippen LogP contribution in [-0.4, -0.2) is 42.5 Å². The van der Waals surface area contributed by atoms with Crippen molar-refractivity contribution in [2.75, 3.05) is 6.61 Å². The summed E-state index contributed by atoms with van der Waals surface area (Å²) in [6.07, 6.45) is -17.9. The Kier molecular flexibility index (Phi) is 5.65. The SMILES string of the molecule is O=C1NC(C(F)(F)F)(C(F)(F)F)P(=O)(OCC(F)(F)C(F)F)Oc2ccccc21. The molecule has 0 saturated heterocycles. The first-order chi connectivity index (χ1) is 13.0. The molecule has 1 N–H and O–H groups in total. The van der Waals surface area contributed by atoms with Crippen molar-refractivity contribution in [2.45, 2.75) is 30.0 Å². The van der Waals surface area contributed by atoms with Gasteiger partial charge in [0.15, 0.2) is 0 Å². The number of hydrogen-bond donors (Lipinski definition) is 1. The molecule has 1 atom stereocenters. The molecule has 1 aliphatic heterocycles. The molecule has 164 valence electrons. The van der Waals surface area contributed by atoms with E-state index in [-0.39, 0.29) is 0 Å². The van der Waals surface area contributed by atoms with Crippen molar-refractivity contribution in [1.29, 1.82) is 0 Å². The van der Waals surface area contributed by atoms with Gasteiger partial charge in [-0.15, -0.1) is 0 Å². The second-order valence-electron chi connectivity index (χ2n) is 5.58. The number of carbonyl (C=O) groups is 1. The van der Waals surface area contributed by atoms with Gasteiger partial charge in [0.1, 0.15) is 12.4 Å². The summed E-state index contributed by atoms with van der Waals surface area (Å²) in [5, 5.41) is -5.37. The molecule has 16 heteroatoms. The molecule has 0 spiro atoms. The Morgan fingerprint density at radius 1 is 1.03 bits per heavy atom. The van der Waals surface area contributed by atoms with Crippen molar-refractivity contribution in [3.05, 3.63) is 29.8 Å². The van der Waals surface area contributed by atoms with Crippen LogP contribution in [0.1, 0.15) is 10.4 Å². The smallest absolute Gasteiger partial charge is 0.422 e. The van der Waals surface area contributed by atoms with Crippen LogP contribution >= 0.6 is 7.60 Å². The minimum absolute atomic E-state index is 0.450. The number of hydrogen-bond acceptors (Lipinski definition) is 4. The first kappa shape index (κ1) is 23.3. The van der Waals surface area contributed by atoms with E-state index in [1.165, 1.54) is 0 Å². The molecule has 0 aliphatic carbocycles. The van der Waals surface area contributed by atoms with Gasteiger partial charge in [-0.05, 0) is 12.1 Å². The maximum atomic E-state index is 13.5. The van der Waals surface area contributed by atoms with Gasteiger partial charge in [-0.3, -0.25) is 9.32 Å². The summed E-state index contributed by atoms with van der Waals surface area (Å²) in [7, 11) is -6.94. The second kappa shape index (κ2) is 7.04. The minimum Gasteiger partial charge on any atom is -0.422 e. The van der Waals surface area contributed by atoms with Crippen LogP contribution in [0.15, 0.2) is 24.3 Å². The predicted octanol–water partition coefficient (Wildman–Crippen LogP) is 4.74. The summed E-state index contributed by atoms with van der Waals surface area (Å²) in [5.41, 5.74) is -0.965. The third kappa shape index (κ3) is 3.77. The summed E-state index contributed by atoms with van der Waals surface area (Å²) in [4.78, 5) is 12.0. The summed E-state index contributed by atoms with van der Waals surface area (Å²) >= 11 is 0. The van der Waals surface area contributed by atoms with Crippen LogP contribution in [0.25, 0.3) is 0 Å². The zero-order chi connectivity index (χ0) is 22.5. The highest BCUT2D eigenvalue weighted by molar-refractivity contribution is 7.56. The fourth-order valence-electron chi connectivity index (χ4n) is 2.20. The van der Waals surface area contributed by atoms with Crippen LogP contribution < -0.4 is 9.84 Å². The van der Waals surface area contributed by atoms with Crippen LogP contribution in [-0.2, 0) is 9.09 Å². The molecular weight excluding hydrogens is 455 g/mol. The summed E-state index contributed by atoms with van der Waals surface area (Å²) in [5.74, 6) is -8.49. The maximum Gasteiger partial charge on any atom is 0.433 e. The molecule has 0 radical (unpaired) electrons. The molecule has 1 unspecified atom stereocenters. The third-order valence-corrected chi connectivity index (χ3v) is 5.97. The Labute approximate surface area is 154 Å². The Bertz CT molecular complexity index is 824. The lowest BCUT2D eigenvalue weighted by Gasteiger charge is -2.39. The summed E-state index contributed by atoms with van der Waals surface area (Å²) in [6, 6.07) is 3.23. The van der Waals surface area contributed by atoms with Crippen molar-refractivity contribution in [3.8, 4) is 5.75 Å². The van der Waals surface area contributed by atoms with E-state index < -0.39 is 61.4 Å². The van der Waals surface area contributed by atoms with Gasteiger partial charge >= 0.3 is 37.6 Å². The number of amides is 1. The topological polar surface area (TPSA) is 64.6 Å².